The maximum Gasteiger partial charge on any atom is 0.264 e. The molecule has 0 saturated heterocycles. The second-order valence-corrected chi connectivity index (χ2v) is 14.0. The first-order valence-electron chi connectivity index (χ1n) is 15.8. The lowest BCUT2D eigenvalue weighted by Crippen LogP contribution is -2.53. The summed E-state index contributed by atoms with van der Waals surface area (Å²) in [6, 6.07) is 21.9. The van der Waals surface area contributed by atoms with E-state index in [0.717, 1.165) is 34.8 Å². The zero-order valence-electron chi connectivity index (χ0n) is 26.8. The first kappa shape index (κ1) is 36.0. The number of nitrogens with one attached hydrogen (secondary N) is 1. The number of amides is 2. The van der Waals surface area contributed by atoms with Gasteiger partial charge in [-0.2, -0.15) is 0 Å². The van der Waals surface area contributed by atoms with Gasteiger partial charge in [0, 0.05) is 41.2 Å². The Morgan fingerprint density at radius 2 is 1.57 bits per heavy atom. The number of hydrogen-bond acceptors (Lipinski definition) is 6. The molecule has 1 heterocycles. The molecule has 0 aromatic heterocycles. The number of unbranched alkanes of at least 4 members (excludes halogenated alkanes) is 1. The van der Waals surface area contributed by atoms with E-state index in [1.807, 2.05) is 37.3 Å². The lowest BCUT2D eigenvalue weighted by atomic mass is 10.0. The highest BCUT2D eigenvalue weighted by atomic mass is 35.5. The molecular formula is C36H36Cl2FN3O6S. The second kappa shape index (κ2) is 16.4. The summed E-state index contributed by atoms with van der Waals surface area (Å²) in [5.74, 6) is -1.10. The van der Waals surface area contributed by atoms with Gasteiger partial charge < -0.3 is 19.7 Å². The molecule has 13 heteroatoms. The molecule has 0 fully saturated rings. The molecule has 0 bridgehead atoms. The Bertz CT molecular complexity index is 1860. The van der Waals surface area contributed by atoms with Gasteiger partial charge in [-0.25, -0.2) is 12.8 Å². The number of carbonyl (C=O) groups is 2. The largest absolute Gasteiger partial charge is 0.486 e. The van der Waals surface area contributed by atoms with Crippen molar-refractivity contribution in [2.24, 2.45) is 0 Å². The van der Waals surface area contributed by atoms with E-state index in [0.29, 0.717) is 24.5 Å². The van der Waals surface area contributed by atoms with Crippen LogP contribution in [-0.4, -0.2) is 57.5 Å². The van der Waals surface area contributed by atoms with Crippen molar-refractivity contribution in [3.63, 3.8) is 0 Å². The predicted molar refractivity (Wildman–Crippen MR) is 187 cm³/mol. The minimum absolute atomic E-state index is 0.0346. The fraction of sp³-hybridized carbons (Fsp3) is 0.278. The van der Waals surface area contributed by atoms with E-state index in [1.165, 1.54) is 35.2 Å². The van der Waals surface area contributed by atoms with Crippen LogP contribution in [0.4, 0.5) is 10.1 Å². The van der Waals surface area contributed by atoms with Crippen LogP contribution in [0.25, 0.3) is 0 Å². The highest BCUT2D eigenvalue weighted by molar-refractivity contribution is 7.92. The number of nitrogens with zero attached hydrogens (tertiary/aromatic N) is 2. The second-order valence-electron chi connectivity index (χ2n) is 11.4. The molecule has 1 aliphatic rings. The molecule has 0 unspecified atom stereocenters. The number of sulfonamides is 1. The summed E-state index contributed by atoms with van der Waals surface area (Å²) in [5, 5.41) is 3.48. The summed E-state index contributed by atoms with van der Waals surface area (Å²) in [6.07, 6.45) is 1.68. The van der Waals surface area contributed by atoms with Gasteiger partial charge in [0.2, 0.25) is 11.8 Å². The summed E-state index contributed by atoms with van der Waals surface area (Å²) in [4.78, 5) is 29.7. The summed E-state index contributed by atoms with van der Waals surface area (Å²) in [6.45, 7) is 2.00. The zero-order chi connectivity index (χ0) is 35.0. The molecule has 5 rings (SSSR count). The van der Waals surface area contributed by atoms with Crippen LogP contribution < -0.4 is 19.1 Å². The van der Waals surface area contributed by atoms with Crippen LogP contribution in [0.2, 0.25) is 10.0 Å². The van der Waals surface area contributed by atoms with Gasteiger partial charge in [0.05, 0.1) is 10.6 Å². The zero-order valence-corrected chi connectivity index (χ0v) is 29.1. The van der Waals surface area contributed by atoms with Gasteiger partial charge in [-0.1, -0.05) is 72.9 Å². The van der Waals surface area contributed by atoms with Crippen molar-refractivity contribution in [1.82, 2.24) is 10.2 Å². The molecule has 2 amide bonds. The van der Waals surface area contributed by atoms with Gasteiger partial charge in [0.15, 0.2) is 11.5 Å². The normalized spacial score (nSPS) is 13.0. The number of carbonyl (C=O) groups excluding carboxylic acids is 2. The van der Waals surface area contributed by atoms with Gasteiger partial charge in [0.25, 0.3) is 10.0 Å². The number of anilines is 1. The van der Waals surface area contributed by atoms with Crippen LogP contribution in [0.1, 0.15) is 30.9 Å². The SMILES string of the molecule is CCCCNC(=O)[C@@H](Cc1ccccc1)N(Cc1c(Cl)cccc1Cl)C(=O)CN(c1ccc(F)cc1)S(=O)(=O)c1ccc2c(c1)OCCO2. The molecule has 4 aromatic carbocycles. The molecule has 9 nitrogen and oxygen atoms in total. The monoisotopic (exact) mass is 727 g/mol. The Kier molecular flexibility index (Phi) is 12.0. The summed E-state index contributed by atoms with van der Waals surface area (Å²) in [5.41, 5.74) is 1.20. The lowest BCUT2D eigenvalue weighted by Gasteiger charge is -2.34. The number of rotatable bonds is 14. The van der Waals surface area contributed by atoms with Gasteiger partial charge in [-0.05, 0) is 60.5 Å². The first-order valence-corrected chi connectivity index (χ1v) is 18.0. The fourth-order valence-corrected chi connectivity index (χ4v) is 7.31. The number of halogens is 3. The first-order chi connectivity index (χ1) is 23.6. The third kappa shape index (κ3) is 8.83. The summed E-state index contributed by atoms with van der Waals surface area (Å²) in [7, 11) is -4.47. The lowest BCUT2D eigenvalue weighted by molar-refractivity contribution is -0.140. The number of hydrogen-bond donors (Lipinski definition) is 1. The standard InChI is InChI=1S/C36H36Cl2FN3O6S/c1-2-3-18-40-36(44)32(21-25-8-5-4-6-9-25)41(23-29-30(37)10-7-11-31(29)38)35(43)24-42(27-14-12-26(39)13-15-27)49(45,46)28-16-17-33-34(22-28)48-20-19-47-33/h4-17,22,32H,2-3,18-21,23-24H2,1H3,(H,40,44)/t32-/m1/s1. The summed E-state index contributed by atoms with van der Waals surface area (Å²) < 4.78 is 54.8. The highest BCUT2D eigenvalue weighted by Crippen LogP contribution is 2.35. The van der Waals surface area contributed by atoms with Crippen molar-refractivity contribution in [3.05, 3.63) is 118 Å². The van der Waals surface area contributed by atoms with Crippen molar-refractivity contribution in [2.45, 2.75) is 43.7 Å². The van der Waals surface area contributed by atoms with E-state index in [4.69, 9.17) is 32.7 Å². The Hall–Kier alpha value is -4.32. The molecule has 1 N–H and O–H groups in total. The van der Waals surface area contributed by atoms with Crippen molar-refractivity contribution < 1.29 is 31.9 Å². The number of benzene rings is 4. The van der Waals surface area contributed by atoms with E-state index in [1.54, 1.807) is 18.2 Å². The molecular weight excluding hydrogens is 692 g/mol. The summed E-state index contributed by atoms with van der Waals surface area (Å²) >= 11 is 13.1. The fourth-order valence-electron chi connectivity index (χ4n) is 5.36. The van der Waals surface area contributed by atoms with Crippen LogP contribution >= 0.6 is 23.2 Å². The van der Waals surface area contributed by atoms with Gasteiger partial charge in [-0.3, -0.25) is 13.9 Å². The molecule has 0 radical (unpaired) electrons. The van der Waals surface area contributed by atoms with E-state index < -0.39 is 40.2 Å². The third-order valence-corrected chi connectivity index (χ3v) is 10.5. The molecule has 1 aliphatic heterocycles. The van der Waals surface area contributed by atoms with Crippen molar-refractivity contribution in [2.75, 3.05) is 30.6 Å². The maximum absolute atomic E-state index is 14.6. The molecule has 0 spiro atoms. The van der Waals surface area contributed by atoms with Crippen LogP contribution in [0.3, 0.4) is 0 Å². The van der Waals surface area contributed by atoms with Crippen LogP contribution in [0, 0.1) is 5.82 Å². The number of ether oxygens (including phenoxy) is 2. The maximum atomic E-state index is 14.6. The van der Waals surface area contributed by atoms with Crippen LogP contribution in [-0.2, 0) is 32.6 Å². The third-order valence-electron chi connectivity index (χ3n) is 7.99. The van der Waals surface area contributed by atoms with Crippen molar-refractivity contribution in [1.29, 1.82) is 0 Å². The predicted octanol–water partition coefficient (Wildman–Crippen LogP) is 6.66. The Morgan fingerprint density at radius 3 is 2.24 bits per heavy atom. The minimum atomic E-state index is -4.47. The molecule has 0 saturated carbocycles. The van der Waals surface area contributed by atoms with Gasteiger partial charge in [0.1, 0.15) is 31.6 Å². The van der Waals surface area contributed by atoms with Crippen LogP contribution in [0.15, 0.2) is 95.9 Å². The molecule has 4 aromatic rings. The van der Waals surface area contributed by atoms with Gasteiger partial charge >= 0.3 is 0 Å². The smallest absolute Gasteiger partial charge is 0.264 e. The van der Waals surface area contributed by atoms with Crippen molar-refractivity contribution >= 4 is 50.7 Å². The average Bonchev–Trinajstić information content (AvgIpc) is 3.10. The topological polar surface area (TPSA) is 105 Å². The molecule has 0 aliphatic carbocycles. The Labute approximate surface area is 295 Å². The Morgan fingerprint density at radius 1 is 0.898 bits per heavy atom. The van der Waals surface area contributed by atoms with Crippen molar-refractivity contribution in [3.8, 4) is 11.5 Å². The van der Waals surface area contributed by atoms with E-state index >= 15 is 0 Å². The van der Waals surface area contributed by atoms with Gasteiger partial charge in [-0.15, -0.1) is 0 Å². The Balaban J connectivity index is 1.59. The minimum Gasteiger partial charge on any atom is -0.486 e. The highest BCUT2D eigenvalue weighted by Gasteiger charge is 2.35. The van der Waals surface area contributed by atoms with E-state index in [-0.39, 0.29) is 46.0 Å². The average molecular weight is 729 g/mol. The molecule has 49 heavy (non-hydrogen) atoms. The molecule has 1 atom stereocenters. The van der Waals surface area contributed by atoms with Crippen LogP contribution in [0.5, 0.6) is 11.5 Å². The molecule has 258 valence electrons. The van der Waals surface area contributed by atoms with E-state index in [9.17, 15) is 22.4 Å². The quantitative estimate of drug-likeness (QED) is 0.146. The van der Waals surface area contributed by atoms with E-state index in [2.05, 4.69) is 5.32 Å². The number of fused-ring (bicyclic) bond motifs is 1.